The van der Waals surface area contributed by atoms with E-state index >= 15 is 0 Å². The van der Waals surface area contributed by atoms with Gasteiger partial charge in [-0.05, 0) is 43.3 Å². The smallest absolute Gasteiger partial charge is 0.264 e. The second kappa shape index (κ2) is 6.77. The molecule has 0 fully saturated rings. The molecule has 2 aromatic carbocycles. The summed E-state index contributed by atoms with van der Waals surface area (Å²) in [5.41, 5.74) is 3.70. The Kier molecular flexibility index (Phi) is 4.29. The monoisotopic (exact) mass is 378 g/mol. The van der Waals surface area contributed by atoms with Gasteiger partial charge in [0.25, 0.3) is 10.0 Å². The molecule has 0 saturated heterocycles. The Labute approximate surface area is 157 Å². The minimum atomic E-state index is -3.78. The van der Waals surface area contributed by atoms with Gasteiger partial charge in [0, 0.05) is 23.5 Å². The Hall–Kier alpha value is -3.32. The van der Waals surface area contributed by atoms with Crippen molar-refractivity contribution in [1.29, 1.82) is 0 Å². The second-order valence-electron chi connectivity index (χ2n) is 6.19. The molecule has 0 radical (unpaired) electrons. The van der Waals surface area contributed by atoms with Crippen LogP contribution in [0.25, 0.3) is 11.0 Å². The molecule has 0 aliphatic rings. The van der Waals surface area contributed by atoms with E-state index in [0.717, 1.165) is 11.3 Å². The Morgan fingerprint density at radius 1 is 0.926 bits per heavy atom. The topological polar surface area (TPSA) is 86.9 Å². The number of para-hydroxylation sites is 2. The average molecular weight is 378 g/mol. The van der Waals surface area contributed by atoms with Crippen LogP contribution in [0.5, 0.6) is 0 Å². The van der Waals surface area contributed by atoms with E-state index in [1.165, 1.54) is 6.20 Å². The van der Waals surface area contributed by atoms with Crippen molar-refractivity contribution < 1.29 is 8.42 Å². The first kappa shape index (κ1) is 17.1. The summed E-state index contributed by atoms with van der Waals surface area (Å²) in [6.07, 6.45) is 3.07. The first-order valence-corrected chi connectivity index (χ1v) is 9.89. The van der Waals surface area contributed by atoms with Crippen molar-refractivity contribution in [2.45, 2.75) is 11.8 Å². The van der Waals surface area contributed by atoms with Crippen LogP contribution < -0.4 is 10.0 Å². The molecule has 136 valence electrons. The molecule has 0 unspecified atom stereocenters. The lowest BCUT2D eigenvalue weighted by molar-refractivity contribution is 0.602. The molecule has 3 N–H and O–H groups in total. The third kappa shape index (κ3) is 3.50. The van der Waals surface area contributed by atoms with Crippen molar-refractivity contribution in [3.8, 4) is 0 Å². The van der Waals surface area contributed by atoms with Crippen LogP contribution in [-0.2, 0) is 10.0 Å². The second-order valence-corrected chi connectivity index (χ2v) is 7.85. The number of hydrogen-bond donors (Lipinski definition) is 3. The van der Waals surface area contributed by atoms with E-state index in [9.17, 15) is 8.42 Å². The minimum Gasteiger partial charge on any atom is -0.354 e. The number of aryl methyl sites for hydroxylation is 1. The molecule has 0 aliphatic heterocycles. The van der Waals surface area contributed by atoms with Gasteiger partial charge in [-0.3, -0.25) is 4.72 Å². The zero-order valence-electron chi connectivity index (χ0n) is 14.6. The van der Waals surface area contributed by atoms with Crippen molar-refractivity contribution >= 4 is 38.1 Å². The third-order valence-corrected chi connectivity index (χ3v) is 5.61. The molecule has 0 saturated carbocycles. The number of nitrogens with one attached hydrogen (secondary N) is 3. The SMILES string of the molecule is Cc1ccc(Nc2ccccc2NS(=O)(=O)c2c[nH]c3ncccc23)cc1. The number of H-pyrrole nitrogens is 1. The van der Waals surface area contributed by atoms with Gasteiger partial charge in [-0.25, -0.2) is 13.4 Å². The minimum absolute atomic E-state index is 0.163. The summed E-state index contributed by atoms with van der Waals surface area (Å²) in [5, 5.41) is 3.81. The predicted molar refractivity (Wildman–Crippen MR) is 108 cm³/mol. The molecule has 6 nitrogen and oxygen atoms in total. The first-order valence-electron chi connectivity index (χ1n) is 8.40. The van der Waals surface area contributed by atoms with Crippen molar-refractivity contribution in [2.75, 3.05) is 10.0 Å². The van der Waals surface area contributed by atoms with Crippen LogP contribution in [0.4, 0.5) is 17.1 Å². The van der Waals surface area contributed by atoms with Crippen molar-refractivity contribution in [3.63, 3.8) is 0 Å². The normalized spacial score (nSPS) is 11.4. The van der Waals surface area contributed by atoms with Crippen molar-refractivity contribution in [3.05, 3.63) is 78.6 Å². The van der Waals surface area contributed by atoms with E-state index in [1.807, 2.05) is 43.3 Å². The van der Waals surface area contributed by atoms with Gasteiger partial charge >= 0.3 is 0 Å². The molecule has 27 heavy (non-hydrogen) atoms. The summed E-state index contributed by atoms with van der Waals surface area (Å²) in [5.74, 6) is 0. The molecule has 7 heteroatoms. The van der Waals surface area contributed by atoms with Crippen LogP contribution in [0.15, 0.2) is 78.0 Å². The number of pyridine rings is 1. The molecule has 0 atom stereocenters. The lowest BCUT2D eigenvalue weighted by Gasteiger charge is -2.14. The number of hydrogen-bond acceptors (Lipinski definition) is 4. The number of fused-ring (bicyclic) bond motifs is 1. The van der Waals surface area contributed by atoms with Crippen LogP contribution in [-0.4, -0.2) is 18.4 Å². The van der Waals surface area contributed by atoms with E-state index in [2.05, 4.69) is 20.0 Å². The van der Waals surface area contributed by atoms with E-state index in [4.69, 9.17) is 0 Å². The summed E-state index contributed by atoms with van der Waals surface area (Å²) in [4.78, 5) is 7.20. The fourth-order valence-corrected chi connectivity index (χ4v) is 4.07. The van der Waals surface area contributed by atoms with Crippen LogP contribution >= 0.6 is 0 Å². The quantitative estimate of drug-likeness (QED) is 0.480. The first-order chi connectivity index (χ1) is 13.0. The molecule has 4 rings (SSSR count). The van der Waals surface area contributed by atoms with Gasteiger partial charge in [0.1, 0.15) is 10.5 Å². The molecular formula is C20H18N4O2S. The highest BCUT2D eigenvalue weighted by Crippen LogP contribution is 2.29. The summed E-state index contributed by atoms with van der Waals surface area (Å²) < 4.78 is 28.6. The van der Waals surface area contributed by atoms with E-state index < -0.39 is 10.0 Å². The molecule has 0 bridgehead atoms. The third-order valence-electron chi connectivity index (χ3n) is 4.20. The van der Waals surface area contributed by atoms with Crippen molar-refractivity contribution in [1.82, 2.24) is 9.97 Å². The van der Waals surface area contributed by atoms with Crippen LogP contribution in [0.3, 0.4) is 0 Å². The van der Waals surface area contributed by atoms with Gasteiger partial charge in [-0.2, -0.15) is 0 Å². The maximum Gasteiger partial charge on any atom is 0.264 e. The summed E-state index contributed by atoms with van der Waals surface area (Å²) >= 11 is 0. The van der Waals surface area contributed by atoms with Gasteiger partial charge < -0.3 is 10.3 Å². The summed E-state index contributed by atoms with van der Waals surface area (Å²) in [6.45, 7) is 2.02. The summed E-state index contributed by atoms with van der Waals surface area (Å²) in [7, 11) is -3.78. The number of aromatic nitrogens is 2. The average Bonchev–Trinajstić information content (AvgIpc) is 3.10. The zero-order valence-corrected chi connectivity index (χ0v) is 15.4. The van der Waals surface area contributed by atoms with E-state index in [-0.39, 0.29) is 4.90 Å². The molecular weight excluding hydrogens is 360 g/mol. The molecule has 2 heterocycles. The largest absolute Gasteiger partial charge is 0.354 e. The molecule has 0 spiro atoms. The number of rotatable bonds is 5. The Bertz CT molecular complexity index is 1200. The van der Waals surface area contributed by atoms with Crippen LogP contribution in [0.1, 0.15) is 5.56 Å². The highest BCUT2D eigenvalue weighted by Gasteiger charge is 2.20. The molecule has 0 amide bonds. The fourth-order valence-electron chi connectivity index (χ4n) is 2.83. The lowest BCUT2D eigenvalue weighted by Crippen LogP contribution is -2.13. The lowest BCUT2D eigenvalue weighted by atomic mass is 10.2. The van der Waals surface area contributed by atoms with Gasteiger partial charge in [0.15, 0.2) is 0 Å². The number of aromatic amines is 1. The van der Waals surface area contributed by atoms with Gasteiger partial charge in [0.05, 0.1) is 11.4 Å². The number of sulfonamides is 1. The number of anilines is 3. The van der Waals surface area contributed by atoms with Crippen LogP contribution in [0.2, 0.25) is 0 Å². The maximum atomic E-state index is 12.9. The molecule has 0 aliphatic carbocycles. The van der Waals surface area contributed by atoms with E-state index in [1.54, 1.807) is 30.5 Å². The highest BCUT2D eigenvalue weighted by atomic mass is 32.2. The Morgan fingerprint density at radius 3 is 2.44 bits per heavy atom. The van der Waals surface area contributed by atoms with Gasteiger partial charge in [0.2, 0.25) is 0 Å². The zero-order chi connectivity index (χ0) is 18.9. The van der Waals surface area contributed by atoms with Gasteiger partial charge in [-0.1, -0.05) is 29.8 Å². The fraction of sp³-hybridized carbons (Fsp3) is 0.0500. The molecule has 4 aromatic rings. The van der Waals surface area contributed by atoms with E-state index in [0.29, 0.717) is 22.4 Å². The standard InChI is InChI=1S/C20H18N4O2S/c1-14-8-10-15(11-9-14)23-17-6-2-3-7-18(17)24-27(25,26)19-13-22-20-16(19)5-4-12-21-20/h2-13,23-24H,1H3,(H,21,22). The number of nitrogens with zero attached hydrogens (tertiary/aromatic N) is 1. The summed E-state index contributed by atoms with van der Waals surface area (Å²) in [6, 6.07) is 18.5. The van der Waals surface area contributed by atoms with Crippen LogP contribution in [0, 0.1) is 6.92 Å². The highest BCUT2D eigenvalue weighted by molar-refractivity contribution is 7.93. The van der Waals surface area contributed by atoms with Crippen molar-refractivity contribution in [2.24, 2.45) is 0 Å². The molecule has 2 aromatic heterocycles. The van der Waals surface area contributed by atoms with Gasteiger partial charge in [-0.15, -0.1) is 0 Å². The maximum absolute atomic E-state index is 12.9. The Balaban J connectivity index is 1.67. The Morgan fingerprint density at radius 2 is 1.67 bits per heavy atom. The predicted octanol–water partition coefficient (Wildman–Crippen LogP) is 4.42. The number of benzene rings is 2.